The van der Waals surface area contributed by atoms with Gasteiger partial charge < -0.3 is 35.6 Å². The molecular weight excluding hydrogens is 738 g/mol. The number of aryl methyl sites for hydroxylation is 1. The number of nitro groups is 1. The van der Waals surface area contributed by atoms with E-state index in [1.54, 1.807) is 19.9 Å². The Bertz CT molecular complexity index is 1810. The Morgan fingerprint density at radius 3 is 2.16 bits per heavy atom. The molecule has 4 atom stereocenters. The van der Waals surface area contributed by atoms with Gasteiger partial charge >= 0.3 is 23.9 Å². The fourth-order valence-corrected chi connectivity index (χ4v) is 6.91. The van der Waals surface area contributed by atoms with Gasteiger partial charge in [-0.05, 0) is 70.4 Å². The number of nitrogens with two attached hydrogens (primary N) is 1. The summed E-state index contributed by atoms with van der Waals surface area (Å²) >= 11 is 0. The summed E-state index contributed by atoms with van der Waals surface area (Å²) in [4.78, 5) is 74.2. The van der Waals surface area contributed by atoms with E-state index in [-0.39, 0.29) is 40.8 Å². The van der Waals surface area contributed by atoms with Crippen molar-refractivity contribution in [3.63, 3.8) is 0 Å². The highest BCUT2D eigenvalue weighted by Crippen LogP contribution is 2.42. The van der Waals surface area contributed by atoms with Crippen molar-refractivity contribution in [1.82, 2.24) is 15.5 Å². The Morgan fingerprint density at radius 2 is 1.58 bits per heavy atom. The second-order valence-corrected chi connectivity index (χ2v) is 14.4. The maximum atomic E-state index is 13.1. The van der Waals surface area contributed by atoms with Crippen molar-refractivity contribution in [2.75, 3.05) is 26.8 Å². The number of dihydropyridines is 1. The van der Waals surface area contributed by atoms with Gasteiger partial charge in [0, 0.05) is 29.6 Å². The van der Waals surface area contributed by atoms with Crippen LogP contribution in [0.3, 0.4) is 0 Å². The minimum atomic E-state index is -1.02. The lowest BCUT2D eigenvalue weighted by Crippen LogP contribution is -2.54. The molecule has 0 radical (unpaired) electrons. The molecule has 6 N–H and O–H groups in total. The number of esters is 2. The van der Waals surface area contributed by atoms with Crippen molar-refractivity contribution in [1.29, 1.82) is 0 Å². The monoisotopic (exact) mass is 793 g/mol. The number of methoxy groups -OCH3 is 1. The van der Waals surface area contributed by atoms with E-state index in [1.807, 2.05) is 44.2 Å². The number of para-hydroxylation sites is 1. The molecule has 0 aliphatic carbocycles. The average Bonchev–Trinajstić information content (AvgIpc) is 3.68. The smallest absolute Gasteiger partial charge is 0.336 e. The lowest BCUT2D eigenvalue weighted by atomic mass is 9.79. The number of nitrogens with zero attached hydrogens (tertiary/aromatic N) is 2. The Hall–Kier alpha value is -5.61. The molecule has 1 fully saturated rings. The number of allylic oxidation sites excluding steroid dienone is 2. The number of carboxylic acid groups (broad SMARTS) is 2. The second kappa shape index (κ2) is 22.2. The van der Waals surface area contributed by atoms with E-state index in [2.05, 4.69) is 10.6 Å². The summed E-state index contributed by atoms with van der Waals surface area (Å²) < 4.78 is 10.3. The standard InChI is InChI=1S/C21H31N3O5.C20H24N2O6/c22-13-5-4-9-16(19(25)24-14-6-10-18(24)21(28)29)23-17(20(26)27)12-11-15-7-2-1-3-8-15;1-11(2)10-28-20(24)17-13(4)21-12(3)16(19(23)27-5)18(17)14-8-6-7-9-15(14)22(25)26/h1-3,7-8,16-18,23H,4-6,9-14,22H2,(H,26,27)(H,28,29);6-9,11,18,21H,10H2,1-5H3/t16-,17-,18-;/m0./s1. The average molecular weight is 794 g/mol. The highest BCUT2D eigenvalue weighted by Gasteiger charge is 2.41. The zero-order valence-corrected chi connectivity index (χ0v) is 33.2. The summed E-state index contributed by atoms with van der Waals surface area (Å²) in [6, 6.07) is 13.1. The van der Waals surface area contributed by atoms with Crippen molar-refractivity contribution in [3.05, 3.63) is 98.4 Å². The van der Waals surface area contributed by atoms with Crippen LogP contribution in [0.15, 0.2) is 77.1 Å². The largest absolute Gasteiger partial charge is 0.480 e. The SMILES string of the molecule is COC(=O)C1=C(C)NC(C)=C(C(=O)OCC(C)C)C1c1ccccc1[N+](=O)[O-].NCCCC[C@H](N[C@@H](CCc1ccccc1)C(=O)O)C(=O)N1CCC[C@H]1C(=O)O. The first kappa shape index (κ1) is 45.8. The van der Waals surface area contributed by atoms with Gasteiger partial charge in [-0.1, -0.05) is 68.8 Å². The van der Waals surface area contributed by atoms with Crippen LogP contribution in [-0.4, -0.2) is 94.8 Å². The number of carbonyl (C=O) groups is 5. The number of hydrogen-bond donors (Lipinski definition) is 5. The van der Waals surface area contributed by atoms with Crippen molar-refractivity contribution >= 4 is 35.5 Å². The number of carbonyl (C=O) groups excluding carboxylic acids is 3. The van der Waals surface area contributed by atoms with Crippen molar-refractivity contribution in [2.24, 2.45) is 11.7 Å². The summed E-state index contributed by atoms with van der Waals surface area (Å²) in [7, 11) is 1.22. The predicted molar refractivity (Wildman–Crippen MR) is 211 cm³/mol. The molecular formula is C41H55N5O11. The fourth-order valence-electron chi connectivity index (χ4n) is 6.91. The van der Waals surface area contributed by atoms with Gasteiger partial charge in [0.25, 0.3) is 5.69 Å². The maximum Gasteiger partial charge on any atom is 0.336 e. The van der Waals surface area contributed by atoms with Gasteiger partial charge in [0.2, 0.25) is 5.91 Å². The normalized spacial score (nSPS) is 17.6. The molecule has 4 rings (SSSR count). The molecule has 1 amide bonds. The molecule has 310 valence electrons. The van der Waals surface area contributed by atoms with Gasteiger partial charge in [-0.15, -0.1) is 0 Å². The van der Waals surface area contributed by atoms with E-state index in [1.165, 1.54) is 30.2 Å². The lowest BCUT2D eigenvalue weighted by molar-refractivity contribution is -0.385. The topological polar surface area (TPSA) is 241 Å². The molecule has 0 saturated carbocycles. The summed E-state index contributed by atoms with van der Waals surface area (Å²) in [5, 5.41) is 36.6. The van der Waals surface area contributed by atoms with Crippen molar-refractivity contribution in [3.8, 4) is 0 Å². The lowest BCUT2D eigenvalue weighted by Gasteiger charge is -2.30. The first-order chi connectivity index (χ1) is 27.1. The van der Waals surface area contributed by atoms with E-state index >= 15 is 0 Å². The molecule has 2 aromatic carbocycles. The molecule has 2 heterocycles. The van der Waals surface area contributed by atoms with Gasteiger partial charge in [0.1, 0.15) is 12.1 Å². The maximum absolute atomic E-state index is 13.1. The molecule has 16 heteroatoms. The van der Waals surface area contributed by atoms with Gasteiger partial charge in [0.05, 0.1) is 41.7 Å². The first-order valence-corrected chi connectivity index (χ1v) is 19.1. The molecule has 57 heavy (non-hydrogen) atoms. The zero-order chi connectivity index (χ0) is 42.2. The summed E-state index contributed by atoms with van der Waals surface area (Å²) in [5.41, 5.74) is 7.84. The number of aliphatic carboxylic acids is 2. The van der Waals surface area contributed by atoms with Crippen LogP contribution in [0.2, 0.25) is 0 Å². The van der Waals surface area contributed by atoms with E-state index in [0.29, 0.717) is 63.0 Å². The molecule has 0 bridgehead atoms. The Balaban J connectivity index is 0.000000306. The predicted octanol–water partition coefficient (Wildman–Crippen LogP) is 4.44. The van der Waals surface area contributed by atoms with E-state index < -0.39 is 52.8 Å². The summed E-state index contributed by atoms with van der Waals surface area (Å²) in [5.74, 6) is -4.54. The van der Waals surface area contributed by atoms with Crippen LogP contribution in [0.5, 0.6) is 0 Å². The summed E-state index contributed by atoms with van der Waals surface area (Å²) in [6.07, 6.45) is 3.76. The molecule has 1 saturated heterocycles. The van der Waals surface area contributed by atoms with Gasteiger partial charge in [0.15, 0.2) is 0 Å². The molecule has 16 nitrogen and oxygen atoms in total. The van der Waals surface area contributed by atoms with Crippen LogP contribution in [0, 0.1) is 16.0 Å². The minimum absolute atomic E-state index is 0.114. The third-order valence-electron chi connectivity index (χ3n) is 9.71. The van der Waals surface area contributed by atoms with E-state index in [0.717, 1.165) is 12.0 Å². The molecule has 2 aliphatic rings. The number of amides is 1. The number of benzene rings is 2. The Morgan fingerprint density at radius 1 is 0.947 bits per heavy atom. The van der Waals surface area contributed by atoms with Crippen LogP contribution in [0.4, 0.5) is 5.69 Å². The van der Waals surface area contributed by atoms with Crippen LogP contribution in [0.1, 0.15) is 83.3 Å². The number of hydrogen-bond acceptors (Lipinski definition) is 12. The van der Waals surface area contributed by atoms with E-state index in [4.69, 9.17) is 15.2 Å². The number of nitrogens with one attached hydrogen (secondary N) is 2. The molecule has 1 unspecified atom stereocenters. The highest BCUT2D eigenvalue weighted by molar-refractivity contribution is 6.00. The molecule has 0 spiro atoms. The number of ether oxygens (including phenoxy) is 2. The molecule has 0 aromatic heterocycles. The number of carboxylic acids is 2. The number of likely N-dealkylation sites (tertiary alicyclic amines) is 1. The Kier molecular flexibility index (Phi) is 17.8. The number of nitro benzene ring substituents is 1. The zero-order valence-electron chi connectivity index (χ0n) is 33.2. The molecule has 2 aromatic rings. The van der Waals surface area contributed by atoms with Crippen LogP contribution in [-0.2, 0) is 39.9 Å². The van der Waals surface area contributed by atoms with Crippen LogP contribution >= 0.6 is 0 Å². The van der Waals surface area contributed by atoms with Gasteiger partial charge in [-0.2, -0.15) is 0 Å². The quantitative estimate of drug-likeness (QED) is 0.0607. The van der Waals surface area contributed by atoms with Crippen LogP contribution in [0.25, 0.3) is 0 Å². The van der Waals surface area contributed by atoms with Crippen molar-refractivity contribution < 1.29 is 48.6 Å². The third-order valence-corrected chi connectivity index (χ3v) is 9.71. The first-order valence-electron chi connectivity index (χ1n) is 19.1. The Labute approximate surface area is 332 Å². The third kappa shape index (κ3) is 12.7. The van der Waals surface area contributed by atoms with Gasteiger partial charge in [-0.3, -0.25) is 25.0 Å². The van der Waals surface area contributed by atoms with Crippen molar-refractivity contribution in [2.45, 2.75) is 96.7 Å². The van der Waals surface area contributed by atoms with Crippen LogP contribution < -0.4 is 16.4 Å². The molecule has 2 aliphatic heterocycles. The summed E-state index contributed by atoms with van der Waals surface area (Å²) in [6.45, 7) is 8.19. The minimum Gasteiger partial charge on any atom is -0.480 e. The highest BCUT2D eigenvalue weighted by atomic mass is 16.6. The van der Waals surface area contributed by atoms with E-state index in [9.17, 15) is 44.3 Å². The number of rotatable bonds is 18. The second-order valence-electron chi connectivity index (χ2n) is 14.4. The fraction of sp³-hybridized carbons (Fsp3) is 0.488. The number of unbranched alkanes of at least 4 members (excludes halogenated alkanes) is 1. The van der Waals surface area contributed by atoms with Gasteiger partial charge in [-0.25, -0.2) is 14.4 Å².